The van der Waals surface area contributed by atoms with Crippen molar-refractivity contribution in [1.29, 1.82) is 0 Å². The second-order valence-electron chi connectivity index (χ2n) is 1.97. The Hall–Kier alpha value is 0.0400. The zero-order chi connectivity index (χ0) is 8.43. The summed E-state index contributed by atoms with van der Waals surface area (Å²) in [6.07, 6.45) is 0. The molecule has 0 aliphatic rings. The minimum Gasteiger partial charge on any atom is -0.204 e. The molecule has 0 fully saturated rings. The van der Waals surface area contributed by atoms with E-state index in [9.17, 15) is 8.78 Å². The van der Waals surface area contributed by atoms with Crippen LogP contribution in [0.2, 0.25) is 0 Å². The van der Waals surface area contributed by atoms with E-state index in [1.807, 2.05) is 0 Å². The third-order valence-corrected chi connectivity index (χ3v) is 2.72. The van der Waals surface area contributed by atoms with Crippen LogP contribution in [0.15, 0.2) is 16.6 Å². The van der Waals surface area contributed by atoms with E-state index in [1.54, 1.807) is 0 Å². The second kappa shape index (κ2) is 3.63. The summed E-state index contributed by atoms with van der Waals surface area (Å²) < 4.78 is 25.4. The van der Waals surface area contributed by atoms with Gasteiger partial charge in [-0.3, -0.25) is 0 Å². The van der Waals surface area contributed by atoms with Crippen molar-refractivity contribution in [1.82, 2.24) is 0 Å². The van der Waals surface area contributed by atoms with Gasteiger partial charge in [0.15, 0.2) is 11.6 Å². The fourth-order valence-corrected chi connectivity index (χ4v) is 1.97. The van der Waals surface area contributed by atoms with Crippen LogP contribution in [0.1, 0.15) is 5.56 Å². The number of rotatable bonds is 1. The Labute approximate surface area is 79.9 Å². The van der Waals surface area contributed by atoms with Gasteiger partial charge in [-0.25, -0.2) is 8.78 Å². The van der Waals surface area contributed by atoms with Gasteiger partial charge in [0.05, 0.1) is 4.47 Å². The summed E-state index contributed by atoms with van der Waals surface area (Å²) in [5.74, 6) is -1.66. The van der Waals surface area contributed by atoms with E-state index in [-0.39, 0.29) is 4.47 Å². The SMILES string of the molecule is Fc1ccc(CBr)c(Br)c1F. The molecule has 60 valence electrons. The molecule has 0 spiro atoms. The minimum atomic E-state index is -0.832. The monoisotopic (exact) mass is 284 g/mol. The average molecular weight is 286 g/mol. The molecular weight excluding hydrogens is 282 g/mol. The number of halogens is 4. The lowest BCUT2D eigenvalue weighted by Gasteiger charge is -2.00. The van der Waals surface area contributed by atoms with E-state index in [1.165, 1.54) is 6.07 Å². The second-order valence-corrected chi connectivity index (χ2v) is 3.32. The third kappa shape index (κ3) is 1.79. The predicted molar refractivity (Wildman–Crippen MR) is 46.7 cm³/mol. The van der Waals surface area contributed by atoms with Crippen molar-refractivity contribution in [2.24, 2.45) is 0 Å². The Balaban J connectivity index is 3.25. The van der Waals surface area contributed by atoms with Crippen LogP contribution >= 0.6 is 31.9 Å². The predicted octanol–water partition coefficient (Wildman–Crippen LogP) is 3.62. The van der Waals surface area contributed by atoms with Crippen molar-refractivity contribution in [3.8, 4) is 0 Å². The number of hydrogen-bond acceptors (Lipinski definition) is 0. The maximum absolute atomic E-state index is 12.7. The number of hydrogen-bond donors (Lipinski definition) is 0. The lowest BCUT2D eigenvalue weighted by molar-refractivity contribution is 0.503. The smallest absolute Gasteiger partial charge is 0.173 e. The van der Waals surface area contributed by atoms with Gasteiger partial charge in [0.1, 0.15) is 0 Å². The highest BCUT2D eigenvalue weighted by atomic mass is 79.9. The Morgan fingerprint density at radius 1 is 1.27 bits per heavy atom. The largest absolute Gasteiger partial charge is 0.204 e. The zero-order valence-electron chi connectivity index (χ0n) is 5.37. The first-order valence-corrected chi connectivity index (χ1v) is 4.76. The van der Waals surface area contributed by atoms with Crippen molar-refractivity contribution < 1.29 is 8.78 Å². The topological polar surface area (TPSA) is 0 Å². The first-order valence-electron chi connectivity index (χ1n) is 2.85. The molecule has 0 aromatic heterocycles. The molecule has 1 aromatic carbocycles. The number of benzene rings is 1. The van der Waals surface area contributed by atoms with Crippen LogP contribution < -0.4 is 0 Å². The van der Waals surface area contributed by atoms with Crippen LogP contribution in [0, 0.1) is 11.6 Å². The molecule has 0 atom stereocenters. The van der Waals surface area contributed by atoms with Crippen LogP contribution in [-0.4, -0.2) is 0 Å². The van der Waals surface area contributed by atoms with Gasteiger partial charge in [-0.05, 0) is 27.6 Å². The van der Waals surface area contributed by atoms with E-state index < -0.39 is 11.6 Å². The molecule has 0 unspecified atom stereocenters. The summed E-state index contributed by atoms with van der Waals surface area (Å²) in [5.41, 5.74) is 0.698. The summed E-state index contributed by atoms with van der Waals surface area (Å²) in [5, 5.41) is 0.505. The molecule has 0 saturated heterocycles. The first kappa shape index (κ1) is 9.13. The van der Waals surface area contributed by atoms with E-state index in [0.717, 1.165) is 6.07 Å². The molecule has 11 heavy (non-hydrogen) atoms. The Morgan fingerprint density at radius 3 is 2.45 bits per heavy atom. The highest BCUT2D eigenvalue weighted by Gasteiger charge is 2.09. The van der Waals surface area contributed by atoms with Crippen molar-refractivity contribution in [3.63, 3.8) is 0 Å². The molecule has 0 N–H and O–H groups in total. The fraction of sp³-hybridized carbons (Fsp3) is 0.143. The molecule has 0 amide bonds. The Bertz CT molecular complexity index is 273. The van der Waals surface area contributed by atoms with Gasteiger partial charge in [0.2, 0.25) is 0 Å². The van der Waals surface area contributed by atoms with Crippen molar-refractivity contribution in [2.75, 3.05) is 0 Å². The normalized spacial score (nSPS) is 10.2. The highest BCUT2D eigenvalue weighted by Crippen LogP contribution is 2.24. The number of alkyl halides is 1. The van der Waals surface area contributed by atoms with Crippen LogP contribution in [0.25, 0.3) is 0 Å². The Kier molecular flexibility index (Phi) is 3.01. The summed E-state index contributed by atoms with van der Waals surface area (Å²) in [7, 11) is 0. The van der Waals surface area contributed by atoms with Gasteiger partial charge >= 0.3 is 0 Å². The minimum absolute atomic E-state index is 0.189. The summed E-state index contributed by atoms with van der Waals surface area (Å²) in [6, 6.07) is 2.63. The van der Waals surface area contributed by atoms with Gasteiger partial charge in [-0.2, -0.15) is 0 Å². The molecule has 0 nitrogen and oxygen atoms in total. The lowest BCUT2D eigenvalue weighted by Crippen LogP contribution is -1.89. The van der Waals surface area contributed by atoms with Crippen molar-refractivity contribution >= 4 is 31.9 Å². The van der Waals surface area contributed by atoms with Crippen LogP contribution in [-0.2, 0) is 5.33 Å². The Morgan fingerprint density at radius 2 is 1.91 bits per heavy atom. The van der Waals surface area contributed by atoms with Crippen LogP contribution in [0.4, 0.5) is 8.78 Å². The third-order valence-electron chi connectivity index (χ3n) is 1.26. The van der Waals surface area contributed by atoms with Crippen molar-refractivity contribution in [3.05, 3.63) is 33.8 Å². The van der Waals surface area contributed by atoms with Gasteiger partial charge in [0, 0.05) is 5.33 Å². The molecule has 0 aliphatic carbocycles. The maximum atomic E-state index is 12.7. The highest BCUT2D eigenvalue weighted by molar-refractivity contribution is 9.10. The molecule has 1 rings (SSSR count). The first-order chi connectivity index (χ1) is 5.16. The van der Waals surface area contributed by atoms with E-state index in [2.05, 4.69) is 31.9 Å². The lowest BCUT2D eigenvalue weighted by atomic mass is 10.2. The molecule has 0 heterocycles. The maximum Gasteiger partial charge on any atom is 0.173 e. The van der Waals surface area contributed by atoms with Crippen LogP contribution in [0.3, 0.4) is 0 Å². The quantitative estimate of drug-likeness (QED) is 0.546. The van der Waals surface area contributed by atoms with Gasteiger partial charge < -0.3 is 0 Å². The van der Waals surface area contributed by atoms with E-state index in [4.69, 9.17) is 0 Å². The molecule has 4 heteroatoms. The molecule has 0 radical (unpaired) electrons. The summed E-state index contributed by atoms with van der Waals surface area (Å²) >= 11 is 6.09. The van der Waals surface area contributed by atoms with E-state index >= 15 is 0 Å². The summed E-state index contributed by atoms with van der Waals surface area (Å²) in [4.78, 5) is 0. The van der Waals surface area contributed by atoms with Gasteiger partial charge in [-0.15, -0.1) is 0 Å². The zero-order valence-corrected chi connectivity index (χ0v) is 8.55. The van der Waals surface area contributed by atoms with Gasteiger partial charge in [-0.1, -0.05) is 22.0 Å². The van der Waals surface area contributed by atoms with Crippen LogP contribution in [0.5, 0.6) is 0 Å². The molecule has 1 aromatic rings. The van der Waals surface area contributed by atoms with Crippen molar-refractivity contribution in [2.45, 2.75) is 5.33 Å². The molecular formula is C7H4Br2F2. The molecule has 0 bridgehead atoms. The molecule has 0 aliphatic heterocycles. The standard InChI is InChI=1S/C7H4Br2F2/c8-3-4-1-2-5(10)7(11)6(4)9/h1-2H,3H2. The molecule has 0 saturated carbocycles. The van der Waals surface area contributed by atoms with Gasteiger partial charge in [0.25, 0.3) is 0 Å². The summed E-state index contributed by atoms with van der Waals surface area (Å²) in [6.45, 7) is 0. The average Bonchev–Trinajstić information content (AvgIpc) is 2.01. The fourth-order valence-electron chi connectivity index (χ4n) is 0.669. The van der Waals surface area contributed by atoms with E-state index in [0.29, 0.717) is 10.9 Å².